The second kappa shape index (κ2) is 12.7. The van der Waals surface area contributed by atoms with E-state index in [4.69, 9.17) is 0 Å². The van der Waals surface area contributed by atoms with E-state index in [2.05, 4.69) is 16.0 Å². The van der Waals surface area contributed by atoms with Gasteiger partial charge in [0.05, 0.1) is 16.3 Å². The van der Waals surface area contributed by atoms with Gasteiger partial charge in [0.2, 0.25) is 5.91 Å². The van der Waals surface area contributed by atoms with Gasteiger partial charge in [0.25, 0.3) is 15.9 Å². The predicted octanol–water partition coefficient (Wildman–Crippen LogP) is 4.32. The molecule has 1 heterocycles. The average molecular weight is 579 g/mol. The highest BCUT2D eigenvalue weighted by Gasteiger charge is 2.34. The second-order valence-electron chi connectivity index (χ2n) is 10.8. The molecule has 0 aromatic heterocycles. The number of anilines is 2. The predicted molar refractivity (Wildman–Crippen MR) is 160 cm³/mol. The third-order valence-electron chi connectivity index (χ3n) is 7.45. The number of nitrogens with one attached hydrogen (secondary N) is 3. The van der Waals surface area contributed by atoms with Crippen LogP contribution in [0.25, 0.3) is 0 Å². The SMILES string of the molecule is CCC(NC(=O)C(C)(C)NC(=O)c1ccc(S(=O)(=O)N(c2ccccc2)c2ccccc2O)cc1)C1CCNCC1. The third-order valence-corrected chi connectivity index (χ3v) is 9.20. The normalized spacial score (nSPS) is 15.1. The fourth-order valence-electron chi connectivity index (χ4n) is 5.05. The first-order valence-electron chi connectivity index (χ1n) is 13.9. The van der Waals surface area contributed by atoms with Gasteiger partial charge in [-0.2, -0.15) is 0 Å². The van der Waals surface area contributed by atoms with Gasteiger partial charge in [-0.15, -0.1) is 0 Å². The van der Waals surface area contributed by atoms with Gasteiger partial charge in [-0.3, -0.25) is 9.59 Å². The van der Waals surface area contributed by atoms with E-state index in [0.29, 0.717) is 11.6 Å². The van der Waals surface area contributed by atoms with Crippen molar-refractivity contribution < 1.29 is 23.1 Å². The van der Waals surface area contributed by atoms with Crippen molar-refractivity contribution in [1.82, 2.24) is 16.0 Å². The Morgan fingerprint density at radius 3 is 2.20 bits per heavy atom. The molecule has 41 heavy (non-hydrogen) atoms. The van der Waals surface area contributed by atoms with Gasteiger partial charge in [-0.05, 0) is 101 Å². The molecule has 3 aromatic rings. The summed E-state index contributed by atoms with van der Waals surface area (Å²) in [5.41, 5.74) is -0.525. The highest BCUT2D eigenvalue weighted by molar-refractivity contribution is 7.93. The molecule has 0 radical (unpaired) electrons. The number of carbonyl (C=O) groups is 2. The number of hydrogen-bond donors (Lipinski definition) is 4. The number of para-hydroxylation sites is 3. The van der Waals surface area contributed by atoms with E-state index in [9.17, 15) is 23.1 Å². The van der Waals surface area contributed by atoms with Crippen LogP contribution in [-0.4, -0.2) is 50.0 Å². The number of phenolic OH excluding ortho intramolecular Hbond substituents is 1. The Morgan fingerprint density at radius 1 is 0.976 bits per heavy atom. The molecule has 4 rings (SSSR count). The Morgan fingerprint density at radius 2 is 1.59 bits per heavy atom. The number of piperidine rings is 1. The molecule has 0 saturated carbocycles. The van der Waals surface area contributed by atoms with Gasteiger partial charge in [-0.25, -0.2) is 12.7 Å². The maximum absolute atomic E-state index is 13.8. The number of amides is 2. The third kappa shape index (κ3) is 6.89. The van der Waals surface area contributed by atoms with E-state index in [1.54, 1.807) is 56.3 Å². The van der Waals surface area contributed by atoms with E-state index in [1.165, 1.54) is 36.4 Å². The Balaban J connectivity index is 1.51. The van der Waals surface area contributed by atoms with Crippen LogP contribution in [-0.2, 0) is 14.8 Å². The fraction of sp³-hybridized carbons (Fsp3) is 0.355. The summed E-state index contributed by atoms with van der Waals surface area (Å²) in [7, 11) is -4.17. The molecule has 1 aliphatic heterocycles. The van der Waals surface area contributed by atoms with E-state index >= 15 is 0 Å². The van der Waals surface area contributed by atoms with Crippen LogP contribution in [0.4, 0.5) is 11.4 Å². The number of benzene rings is 3. The van der Waals surface area contributed by atoms with Crippen LogP contribution in [0.2, 0.25) is 0 Å². The molecule has 3 aromatic carbocycles. The summed E-state index contributed by atoms with van der Waals surface area (Å²) in [6.45, 7) is 7.21. The quantitative estimate of drug-likeness (QED) is 0.284. The molecule has 0 spiro atoms. The van der Waals surface area contributed by atoms with Crippen molar-refractivity contribution in [2.75, 3.05) is 17.4 Å². The molecule has 1 saturated heterocycles. The molecule has 10 heteroatoms. The topological polar surface area (TPSA) is 128 Å². The molecule has 1 atom stereocenters. The van der Waals surface area contributed by atoms with E-state index in [0.717, 1.165) is 36.7 Å². The largest absolute Gasteiger partial charge is 0.506 e. The molecule has 1 aliphatic rings. The number of aromatic hydroxyl groups is 1. The van der Waals surface area contributed by atoms with Crippen molar-refractivity contribution in [3.63, 3.8) is 0 Å². The second-order valence-corrected chi connectivity index (χ2v) is 12.6. The van der Waals surface area contributed by atoms with Gasteiger partial charge in [0.15, 0.2) is 0 Å². The Hall–Kier alpha value is -3.89. The molecule has 4 N–H and O–H groups in total. The van der Waals surface area contributed by atoms with Crippen molar-refractivity contribution >= 4 is 33.2 Å². The summed E-state index contributed by atoms with van der Waals surface area (Å²) < 4.78 is 28.7. The van der Waals surface area contributed by atoms with Crippen molar-refractivity contribution in [3.05, 3.63) is 84.4 Å². The highest BCUT2D eigenvalue weighted by Crippen LogP contribution is 2.37. The smallest absolute Gasteiger partial charge is 0.268 e. The molecule has 1 fully saturated rings. The first kappa shape index (κ1) is 30.1. The number of phenols is 1. The number of carbonyl (C=O) groups excluding carboxylic acids is 2. The summed E-state index contributed by atoms with van der Waals surface area (Å²) in [6, 6.07) is 20.2. The van der Waals surface area contributed by atoms with E-state index in [1.807, 2.05) is 6.92 Å². The summed E-state index contributed by atoms with van der Waals surface area (Å²) >= 11 is 0. The lowest BCUT2D eigenvalue weighted by Gasteiger charge is -2.34. The number of sulfonamides is 1. The summed E-state index contributed by atoms with van der Waals surface area (Å²) in [4.78, 5) is 26.2. The number of nitrogens with zero attached hydrogens (tertiary/aromatic N) is 1. The molecular weight excluding hydrogens is 540 g/mol. The van der Waals surface area contributed by atoms with Crippen molar-refractivity contribution in [3.8, 4) is 5.75 Å². The van der Waals surface area contributed by atoms with E-state index in [-0.39, 0.29) is 33.8 Å². The summed E-state index contributed by atoms with van der Waals surface area (Å²) in [5, 5.41) is 19.7. The van der Waals surface area contributed by atoms with E-state index < -0.39 is 21.5 Å². The van der Waals surface area contributed by atoms with Crippen molar-refractivity contribution in [2.45, 2.75) is 56.5 Å². The maximum Gasteiger partial charge on any atom is 0.268 e. The standard InChI is InChI=1S/C31H38N4O5S/c1-4-26(22-18-20-32-21-19-22)33-30(38)31(2,3)34-29(37)23-14-16-25(17-15-23)41(39,40)35(24-10-6-5-7-11-24)27-12-8-9-13-28(27)36/h5-17,22,26,32,36H,4,18-21H2,1-3H3,(H,33,38)(H,34,37). The highest BCUT2D eigenvalue weighted by atomic mass is 32.2. The molecule has 218 valence electrons. The lowest BCUT2D eigenvalue weighted by atomic mass is 9.88. The molecule has 0 aliphatic carbocycles. The molecule has 1 unspecified atom stereocenters. The van der Waals surface area contributed by atoms with Crippen LogP contribution >= 0.6 is 0 Å². The van der Waals surface area contributed by atoms with Crippen LogP contribution in [0, 0.1) is 5.92 Å². The summed E-state index contributed by atoms with van der Waals surface area (Å²) in [5.74, 6) is -0.567. The van der Waals surface area contributed by atoms with Crippen molar-refractivity contribution in [1.29, 1.82) is 0 Å². The Labute approximate surface area is 242 Å². The van der Waals surface area contributed by atoms with Gasteiger partial charge >= 0.3 is 0 Å². The van der Waals surface area contributed by atoms with Gasteiger partial charge < -0.3 is 21.1 Å². The lowest BCUT2D eigenvalue weighted by molar-refractivity contribution is -0.127. The van der Waals surface area contributed by atoms with Crippen LogP contribution in [0.1, 0.15) is 50.4 Å². The van der Waals surface area contributed by atoms with Crippen LogP contribution in [0.5, 0.6) is 5.75 Å². The molecular formula is C31H38N4O5S. The zero-order valence-electron chi connectivity index (χ0n) is 23.6. The minimum absolute atomic E-state index is 0.0295. The van der Waals surface area contributed by atoms with Crippen LogP contribution in [0.15, 0.2) is 83.8 Å². The van der Waals surface area contributed by atoms with Crippen LogP contribution < -0.4 is 20.3 Å². The lowest BCUT2D eigenvalue weighted by Crippen LogP contribution is -2.58. The first-order chi connectivity index (χ1) is 19.5. The van der Waals surface area contributed by atoms with Crippen molar-refractivity contribution in [2.24, 2.45) is 5.92 Å². The molecule has 9 nitrogen and oxygen atoms in total. The van der Waals surface area contributed by atoms with Gasteiger partial charge in [-0.1, -0.05) is 37.3 Å². The van der Waals surface area contributed by atoms with Crippen LogP contribution in [0.3, 0.4) is 0 Å². The van der Waals surface area contributed by atoms with Gasteiger partial charge in [0.1, 0.15) is 11.3 Å². The minimum Gasteiger partial charge on any atom is -0.506 e. The zero-order chi connectivity index (χ0) is 29.6. The first-order valence-corrected chi connectivity index (χ1v) is 15.3. The number of hydrogen-bond acceptors (Lipinski definition) is 6. The van der Waals surface area contributed by atoms with Gasteiger partial charge in [0, 0.05) is 11.6 Å². The average Bonchev–Trinajstić information content (AvgIpc) is 2.97. The zero-order valence-corrected chi connectivity index (χ0v) is 24.4. The fourth-order valence-corrected chi connectivity index (χ4v) is 6.56. The summed E-state index contributed by atoms with van der Waals surface area (Å²) in [6.07, 6.45) is 2.79. The molecule has 0 bridgehead atoms. The minimum atomic E-state index is -4.17. The molecule has 2 amide bonds. The Kier molecular flexibility index (Phi) is 9.35. The maximum atomic E-state index is 13.8. The monoisotopic (exact) mass is 578 g/mol. The Bertz CT molecular complexity index is 1450. The number of rotatable bonds is 10.